The van der Waals surface area contributed by atoms with Gasteiger partial charge in [0, 0.05) is 19.3 Å². The predicted molar refractivity (Wildman–Crippen MR) is 257 cm³/mol. The maximum Gasteiger partial charge on any atom is 0.306 e. The molecule has 6 nitrogen and oxygen atoms in total. The van der Waals surface area contributed by atoms with E-state index in [1.165, 1.54) is 193 Å². The highest BCUT2D eigenvalue weighted by Gasteiger charge is 2.19. The molecule has 60 heavy (non-hydrogen) atoms. The van der Waals surface area contributed by atoms with Crippen molar-refractivity contribution in [3.63, 3.8) is 0 Å². The Labute approximate surface area is 374 Å². The highest BCUT2D eigenvalue weighted by atomic mass is 16.6. The second kappa shape index (κ2) is 48.4. The maximum absolute atomic E-state index is 12.8. The van der Waals surface area contributed by atoms with Gasteiger partial charge in [-0.3, -0.25) is 14.4 Å². The fourth-order valence-corrected chi connectivity index (χ4v) is 8.22. The zero-order chi connectivity index (χ0) is 43.8. The molecule has 0 aromatic carbocycles. The lowest BCUT2D eigenvalue weighted by Gasteiger charge is -2.18. The minimum atomic E-state index is -0.759. The first-order valence-electron chi connectivity index (χ1n) is 26.9. The Kier molecular flexibility index (Phi) is 47.2. The van der Waals surface area contributed by atoms with Crippen molar-refractivity contribution in [3.05, 3.63) is 0 Å². The zero-order valence-electron chi connectivity index (χ0n) is 40.9. The molecule has 0 aromatic rings. The summed E-state index contributed by atoms with van der Waals surface area (Å²) in [5.41, 5.74) is 0. The molecule has 0 bridgehead atoms. The van der Waals surface area contributed by atoms with Gasteiger partial charge < -0.3 is 14.2 Å². The molecule has 0 spiro atoms. The van der Waals surface area contributed by atoms with Crippen molar-refractivity contribution in [3.8, 4) is 0 Å². The van der Waals surface area contributed by atoms with E-state index in [4.69, 9.17) is 14.2 Å². The second-order valence-electron chi connectivity index (χ2n) is 19.0. The van der Waals surface area contributed by atoms with E-state index in [9.17, 15) is 14.4 Å². The molecule has 0 N–H and O–H groups in total. The molecule has 0 heterocycles. The molecule has 0 aliphatic carbocycles. The summed E-state index contributed by atoms with van der Waals surface area (Å²) < 4.78 is 16.7. The Bertz CT molecular complexity index is 903. The summed E-state index contributed by atoms with van der Waals surface area (Å²) in [7, 11) is 0. The van der Waals surface area contributed by atoms with Crippen molar-refractivity contribution >= 4 is 17.9 Å². The van der Waals surface area contributed by atoms with Crippen molar-refractivity contribution < 1.29 is 28.6 Å². The van der Waals surface area contributed by atoms with Gasteiger partial charge in [0.2, 0.25) is 0 Å². The van der Waals surface area contributed by atoms with Crippen molar-refractivity contribution in [1.82, 2.24) is 0 Å². The summed E-state index contributed by atoms with van der Waals surface area (Å²) in [6.45, 7) is 8.98. The molecule has 0 unspecified atom stereocenters. The van der Waals surface area contributed by atoms with Gasteiger partial charge in [-0.1, -0.05) is 265 Å². The normalized spacial score (nSPS) is 11.9. The lowest BCUT2D eigenvalue weighted by molar-refractivity contribution is -0.167. The molecule has 6 heteroatoms. The van der Waals surface area contributed by atoms with Crippen LogP contribution in [0.1, 0.15) is 304 Å². The fourth-order valence-electron chi connectivity index (χ4n) is 8.22. The molecular weight excluding hydrogens is 745 g/mol. The summed E-state index contributed by atoms with van der Waals surface area (Å²) in [6.07, 6.45) is 51.3. The summed E-state index contributed by atoms with van der Waals surface area (Å²) in [6, 6.07) is 0. The van der Waals surface area contributed by atoms with E-state index in [0.29, 0.717) is 19.3 Å². The number of rotatable bonds is 49. The van der Waals surface area contributed by atoms with E-state index in [2.05, 4.69) is 27.7 Å². The molecule has 0 amide bonds. The smallest absolute Gasteiger partial charge is 0.306 e. The number of unbranched alkanes of at least 4 members (excludes halogenated alkanes) is 36. The fraction of sp³-hybridized carbons (Fsp3) is 0.944. The molecular formula is C54H104O6. The lowest BCUT2D eigenvalue weighted by atomic mass is 10.0. The van der Waals surface area contributed by atoms with E-state index >= 15 is 0 Å². The van der Waals surface area contributed by atoms with Crippen molar-refractivity contribution in [2.45, 2.75) is 310 Å². The number of carbonyl (C=O) groups is 3. The van der Waals surface area contributed by atoms with Crippen molar-refractivity contribution in [2.24, 2.45) is 5.92 Å². The predicted octanol–water partition coefficient (Wildman–Crippen LogP) is 17.5. The van der Waals surface area contributed by atoms with Crippen molar-refractivity contribution in [1.29, 1.82) is 0 Å². The third-order valence-corrected chi connectivity index (χ3v) is 12.3. The molecule has 0 saturated carbocycles. The largest absolute Gasteiger partial charge is 0.462 e. The lowest BCUT2D eigenvalue weighted by Crippen LogP contribution is -2.30. The Hall–Kier alpha value is -1.59. The van der Waals surface area contributed by atoms with Gasteiger partial charge in [-0.05, 0) is 25.2 Å². The van der Waals surface area contributed by atoms with Gasteiger partial charge in [0.05, 0.1) is 0 Å². The number of ether oxygens (including phenoxy) is 3. The maximum atomic E-state index is 12.8. The summed E-state index contributed by atoms with van der Waals surface area (Å²) >= 11 is 0. The topological polar surface area (TPSA) is 78.9 Å². The second-order valence-corrected chi connectivity index (χ2v) is 19.0. The molecule has 356 valence electrons. The van der Waals surface area contributed by atoms with Gasteiger partial charge >= 0.3 is 17.9 Å². The van der Waals surface area contributed by atoms with Crippen LogP contribution in [0.4, 0.5) is 0 Å². The standard InChI is InChI=1S/C54H104O6/c1-5-7-9-11-12-13-14-15-16-22-25-28-31-34-38-42-46-53(56)59-49-51(48-58-52(55)45-41-36-10-8-6-2)60-54(57)47-43-39-35-32-29-26-23-20-18-17-19-21-24-27-30-33-37-40-44-50(3)4/h50-51H,5-49H2,1-4H3/t51-/m1/s1. The van der Waals surface area contributed by atoms with Crippen LogP contribution in [-0.4, -0.2) is 37.2 Å². The highest BCUT2D eigenvalue weighted by Crippen LogP contribution is 2.18. The number of carbonyl (C=O) groups excluding carboxylic acids is 3. The number of esters is 3. The van der Waals surface area contributed by atoms with E-state index in [1.807, 2.05) is 0 Å². The first-order chi connectivity index (χ1) is 29.4. The minimum absolute atomic E-state index is 0.0635. The Morgan fingerprint density at radius 2 is 0.550 bits per heavy atom. The van der Waals surface area contributed by atoms with E-state index in [1.54, 1.807) is 0 Å². The van der Waals surface area contributed by atoms with Gasteiger partial charge in [0.1, 0.15) is 13.2 Å². The van der Waals surface area contributed by atoms with Crippen LogP contribution < -0.4 is 0 Å². The SMILES string of the molecule is CCCCCCCCCCCCCCCCCCC(=O)OC[C@@H](COC(=O)CCCCCCC)OC(=O)CCCCCCCCCCCCCCCCCCCCC(C)C. The van der Waals surface area contributed by atoms with Crippen LogP contribution in [0.3, 0.4) is 0 Å². The first-order valence-corrected chi connectivity index (χ1v) is 26.9. The number of hydrogen-bond acceptors (Lipinski definition) is 6. The molecule has 0 saturated heterocycles. The summed E-state index contributed by atoms with van der Waals surface area (Å²) in [5.74, 6) is 0.00168. The molecule has 0 fully saturated rings. The highest BCUT2D eigenvalue weighted by molar-refractivity contribution is 5.71. The quantitative estimate of drug-likeness (QED) is 0.0345. The Balaban J connectivity index is 4.06. The monoisotopic (exact) mass is 849 g/mol. The van der Waals surface area contributed by atoms with E-state index in [0.717, 1.165) is 70.1 Å². The third-order valence-electron chi connectivity index (χ3n) is 12.3. The van der Waals surface area contributed by atoms with Gasteiger partial charge in [0.25, 0.3) is 0 Å². The summed E-state index contributed by atoms with van der Waals surface area (Å²) in [5, 5.41) is 0. The van der Waals surface area contributed by atoms with Gasteiger partial charge in [0.15, 0.2) is 6.10 Å². The average molecular weight is 849 g/mol. The first kappa shape index (κ1) is 58.4. The van der Waals surface area contributed by atoms with Gasteiger partial charge in [-0.15, -0.1) is 0 Å². The van der Waals surface area contributed by atoms with Crippen LogP contribution >= 0.6 is 0 Å². The zero-order valence-corrected chi connectivity index (χ0v) is 40.9. The van der Waals surface area contributed by atoms with Crippen LogP contribution in [0.2, 0.25) is 0 Å². The van der Waals surface area contributed by atoms with Crippen LogP contribution in [0, 0.1) is 5.92 Å². The van der Waals surface area contributed by atoms with Gasteiger partial charge in [-0.2, -0.15) is 0 Å². The molecule has 0 rings (SSSR count). The van der Waals surface area contributed by atoms with Crippen LogP contribution in [-0.2, 0) is 28.6 Å². The molecule has 0 radical (unpaired) electrons. The molecule has 1 atom stereocenters. The third kappa shape index (κ3) is 47.5. The van der Waals surface area contributed by atoms with Crippen LogP contribution in [0.15, 0.2) is 0 Å². The molecule has 0 aromatic heterocycles. The molecule has 0 aliphatic rings. The molecule has 0 aliphatic heterocycles. The number of hydrogen-bond donors (Lipinski definition) is 0. The minimum Gasteiger partial charge on any atom is -0.462 e. The van der Waals surface area contributed by atoms with Gasteiger partial charge in [-0.25, -0.2) is 0 Å². The van der Waals surface area contributed by atoms with Crippen LogP contribution in [0.5, 0.6) is 0 Å². The summed E-state index contributed by atoms with van der Waals surface area (Å²) in [4.78, 5) is 37.7. The van der Waals surface area contributed by atoms with Crippen molar-refractivity contribution in [2.75, 3.05) is 13.2 Å². The Morgan fingerprint density at radius 1 is 0.317 bits per heavy atom. The van der Waals surface area contributed by atoms with E-state index in [-0.39, 0.29) is 31.1 Å². The van der Waals surface area contributed by atoms with E-state index < -0.39 is 6.10 Å². The Morgan fingerprint density at radius 3 is 0.817 bits per heavy atom. The average Bonchev–Trinajstić information content (AvgIpc) is 3.23. The van der Waals surface area contributed by atoms with Crippen LogP contribution in [0.25, 0.3) is 0 Å².